The molecule has 0 saturated heterocycles. The van der Waals surface area contributed by atoms with E-state index in [1.165, 1.54) is 0 Å². The van der Waals surface area contributed by atoms with Gasteiger partial charge in [-0.05, 0) is 74.0 Å². The van der Waals surface area contributed by atoms with E-state index in [-0.39, 0.29) is 11.7 Å². The van der Waals surface area contributed by atoms with Crippen LogP contribution in [0.4, 0.5) is 0 Å². The van der Waals surface area contributed by atoms with Gasteiger partial charge in [-0.3, -0.25) is 14.6 Å². The van der Waals surface area contributed by atoms with E-state index in [2.05, 4.69) is 10.3 Å². The Morgan fingerprint density at radius 3 is 2.21 bits per heavy atom. The van der Waals surface area contributed by atoms with E-state index in [0.29, 0.717) is 28.4 Å². The number of carbonyl (C=O) groups is 2. The van der Waals surface area contributed by atoms with Gasteiger partial charge < -0.3 is 10.1 Å². The third-order valence-corrected chi connectivity index (χ3v) is 4.57. The van der Waals surface area contributed by atoms with E-state index in [4.69, 9.17) is 16.3 Å². The molecule has 1 amide bonds. The first-order valence-electron chi connectivity index (χ1n) is 9.12. The summed E-state index contributed by atoms with van der Waals surface area (Å²) in [6.07, 6.45) is 3.38. The molecule has 1 heterocycles. The fraction of sp³-hybridized carbons (Fsp3) is 0.174. The lowest BCUT2D eigenvalue weighted by Gasteiger charge is -2.25. The number of rotatable bonds is 7. The zero-order valence-electron chi connectivity index (χ0n) is 16.2. The third-order valence-electron chi connectivity index (χ3n) is 4.32. The summed E-state index contributed by atoms with van der Waals surface area (Å²) in [6.45, 7) is 3.75. The van der Waals surface area contributed by atoms with Gasteiger partial charge in [-0.2, -0.15) is 0 Å². The van der Waals surface area contributed by atoms with Crippen molar-refractivity contribution in [2.24, 2.45) is 0 Å². The Hall–Kier alpha value is -3.18. The molecule has 0 aliphatic carbocycles. The number of carbonyl (C=O) groups excluding carboxylic acids is 2. The van der Waals surface area contributed by atoms with Crippen LogP contribution in [0.3, 0.4) is 0 Å². The number of hydrogen-bond acceptors (Lipinski definition) is 4. The smallest absolute Gasteiger partial charge is 0.263 e. The summed E-state index contributed by atoms with van der Waals surface area (Å²) in [5.74, 6) is 0.142. The van der Waals surface area contributed by atoms with Crippen LogP contribution >= 0.6 is 11.6 Å². The second kappa shape index (κ2) is 8.88. The molecule has 5 nitrogen and oxygen atoms in total. The first-order valence-corrected chi connectivity index (χ1v) is 9.49. The fourth-order valence-electron chi connectivity index (χ4n) is 2.68. The minimum absolute atomic E-state index is 0.110. The van der Waals surface area contributed by atoms with E-state index in [1.54, 1.807) is 74.8 Å². The topological polar surface area (TPSA) is 68.3 Å². The van der Waals surface area contributed by atoms with Gasteiger partial charge in [0.2, 0.25) is 0 Å². The second-order valence-electron chi connectivity index (χ2n) is 7.02. The summed E-state index contributed by atoms with van der Waals surface area (Å²) in [5.41, 5.74) is 0.905. The SMILES string of the molecule is CC(C)(Oc1ccc(C(=O)c2ccc(Cl)cc2)cc1)C(=O)NCc1cccnc1. The lowest BCUT2D eigenvalue weighted by molar-refractivity contribution is -0.134. The summed E-state index contributed by atoms with van der Waals surface area (Å²) >= 11 is 5.86. The highest BCUT2D eigenvalue weighted by Gasteiger charge is 2.29. The van der Waals surface area contributed by atoms with Gasteiger partial charge >= 0.3 is 0 Å². The molecule has 3 aromatic rings. The molecule has 29 heavy (non-hydrogen) atoms. The number of nitrogens with zero attached hydrogens (tertiary/aromatic N) is 1. The van der Waals surface area contributed by atoms with E-state index in [1.807, 2.05) is 12.1 Å². The summed E-state index contributed by atoms with van der Waals surface area (Å²) in [7, 11) is 0. The Bertz CT molecular complexity index is 985. The van der Waals surface area contributed by atoms with E-state index in [9.17, 15) is 9.59 Å². The van der Waals surface area contributed by atoms with Crippen molar-refractivity contribution in [2.45, 2.75) is 26.0 Å². The molecule has 3 rings (SSSR count). The molecule has 0 bridgehead atoms. The summed E-state index contributed by atoms with van der Waals surface area (Å²) in [4.78, 5) is 29.1. The minimum Gasteiger partial charge on any atom is -0.478 e. The Balaban J connectivity index is 1.62. The molecule has 0 aliphatic rings. The van der Waals surface area contributed by atoms with Crippen molar-refractivity contribution < 1.29 is 14.3 Å². The Morgan fingerprint density at radius 2 is 1.62 bits per heavy atom. The van der Waals surface area contributed by atoms with Gasteiger partial charge in [0, 0.05) is 35.1 Å². The van der Waals surface area contributed by atoms with Gasteiger partial charge in [-0.1, -0.05) is 17.7 Å². The number of ketones is 1. The maximum atomic E-state index is 12.5. The van der Waals surface area contributed by atoms with Gasteiger partial charge in [-0.25, -0.2) is 0 Å². The quantitative estimate of drug-likeness (QED) is 0.587. The number of aromatic nitrogens is 1. The molecular formula is C23H21ClN2O3. The van der Waals surface area contributed by atoms with Crippen LogP contribution in [0, 0.1) is 0 Å². The molecule has 0 atom stereocenters. The van der Waals surface area contributed by atoms with Crippen molar-refractivity contribution in [1.82, 2.24) is 10.3 Å². The summed E-state index contributed by atoms with van der Waals surface area (Å²) in [6, 6.07) is 17.1. The zero-order chi connectivity index (χ0) is 20.9. The number of benzene rings is 2. The minimum atomic E-state index is -1.08. The molecule has 2 aromatic carbocycles. The molecule has 0 saturated carbocycles. The molecule has 0 unspecified atom stereocenters. The first kappa shape index (κ1) is 20.6. The van der Waals surface area contributed by atoms with Crippen molar-refractivity contribution in [3.63, 3.8) is 0 Å². The summed E-state index contributed by atoms with van der Waals surface area (Å²) < 4.78 is 5.85. The van der Waals surface area contributed by atoms with Crippen LogP contribution in [-0.2, 0) is 11.3 Å². The van der Waals surface area contributed by atoms with Crippen LogP contribution < -0.4 is 10.1 Å². The molecule has 0 fully saturated rings. The molecule has 6 heteroatoms. The highest BCUT2D eigenvalue weighted by Crippen LogP contribution is 2.21. The van der Waals surface area contributed by atoms with Crippen LogP contribution in [0.2, 0.25) is 5.02 Å². The van der Waals surface area contributed by atoms with Crippen LogP contribution in [0.25, 0.3) is 0 Å². The average Bonchev–Trinajstić information content (AvgIpc) is 2.73. The first-order chi connectivity index (χ1) is 13.8. The number of amides is 1. The Labute approximate surface area is 174 Å². The lowest BCUT2D eigenvalue weighted by Crippen LogP contribution is -2.46. The molecule has 0 aliphatic heterocycles. The van der Waals surface area contributed by atoms with Crippen LogP contribution in [0.5, 0.6) is 5.75 Å². The molecule has 148 valence electrons. The zero-order valence-corrected chi connectivity index (χ0v) is 16.9. The maximum absolute atomic E-state index is 12.5. The molecule has 0 spiro atoms. The Kier molecular flexibility index (Phi) is 6.29. The fourth-order valence-corrected chi connectivity index (χ4v) is 2.81. The number of nitrogens with one attached hydrogen (secondary N) is 1. The number of hydrogen-bond donors (Lipinski definition) is 1. The normalized spacial score (nSPS) is 11.0. The highest BCUT2D eigenvalue weighted by molar-refractivity contribution is 6.30. The molecular weight excluding hydrogens is 388 g/mol. The molecule has 0 radical (unpaired) electrons. The van der Waals surface area contributed by atoms with Gasteiger partial charge in [0.25, 0.3) is 5.91 Å². The maximum Gasteiger partial charge on any atom is 0.263 e. The van der Waals surface area contributed by atoms with E-state index in [0.717, 1.165) is 5.56 Å². The standard InChI is InChI=1S/C23H21ClN2O3/c1-23(2,22(28)26-15-16-4-3-13-25-14-16)29-20-11-7-18(8-12-20)21(27)17-5-9-19(24)10-6-17/h3-14H,15H2,1-2H3,(H,26,28). The molecule has 1 N–H and O–H groups in total. The summed E-state index contributed by atoms with van der Waals surface area (Å²) in [5, 5.41) is 3.42. The predicted molar refractivity (Wildman–Crippen MR) is 112 cm³/mol. The van der Waals surface area contributed by atoms with Gasteiger partial charge in [0.05, 0.1) is 0 Å². The van der Waals surface area contributed by atoms with E-state index < -0.39 is 5.60 Å². The Morgan fingerprint density at radius 1 is 1.00 bits per heavy atom. The predicted octanol–water partition coefficient (Wildman–Crippen LogP) is 4.44. The van der Waals surface area contributed by atoms with Gasteiger partial charge in [-0.15, -0.1) is 0 Å². The number of halogens is 1. The number of ether oxygens (including phenoxy) is 1. The highest BCUT2D eigenvalue weighted by atomic mass is 35.5. The largest absolute Gasteiger partial charge is 0.478 e. The van der Waals surface area contributed by atoms with Crippen molar-refractivity contribution in [3.05, 3.63) is 94.8 Å². The van der Waals surface area contributed by atoms with Crippen LogP contribution in [0.1, 0.15) is 35.3 Å². The van der Waals surface area contributed by atoms with E-state index >= 15 is 0 Å². The third kappa shape index (κ3) is 5.42. The van der Waals surface area contributed by atoms with Crippen molar-refractivity contribution in [1.29, 1.82) is 0 Å². The second-order valence-corrected chi connectivity index (χ2v) is 7.45. The van der Waals surface area contributed by atoms with Gasteiger partial charge in [0.1, 0.15) is 5.75 Å². The van der Waals surface area contributed by atoms with Crippen LogP contribution in [0.15, 0.2) is 73.1 Å². The van der Waals surface area contributed by atoms with Gasteiger partial charge in [0.15, 0.2) is 11.4 Å². The molecule has 1 aromatic heterocycles. The van der Waals surface area contributed by atoms with Crippen molar-refractivity contribution in [3.8, 4) is 5.75 Å². The monoisotopic (exact) mass is 408 g/mol. The van der Waals surface area contributed by atoms with Crippen LogP contribution in [-0.4, -0.2) is 22.3 Å². The average molecular weight is 409 g/mol. The number of pyridine rings is 1. The lowest BCUT2D eigenvalue weighted by atomic mass is 10.0. The van der Waals surface area contributed by atoms with Crippen molar-refractivity contribution >= 4 is 23.3 Å². The van der Waals surface area contributed by atoms with Crippen molar-refractivity contribution in [2.75, 3.05) is 0 Å².